The molecule has 4 nitrogen and oxygen atoms in total. The Hall–Kier alpha value is -2.44. The van der Waals surface area contributed by atoms with E-state index in [1.54, 1.807) is 0 Å². The van der Waals surface area contributed by atoms with Crippen molar-refractivity contribution >= 4 is 39.2 Å². The van der Waals surface area contributed by atoms with Gasteiger partial charge in [-0.15, -0.1) is 11.3 Å². The summed E-state index contributed by atoms with van der Waals surface area (Å²) in [6.45, 7) is 4.76. The average molecular weight is 527 g/mol. The van der Waals surface area contributed by atoms with Crippen molar-refractivity contribution < 1.29 is 19.1 Å². The fraction of sp³-hybridized carbons (Fsp3) is 0.333. The molecule has 6 heteroatoms. The fourth-order valence-electron chi connectivity index (χ4n) is 3.91. The van der Waals surface area contributed by atoms with Crippen LogP contribution >= 0.6 is 27.3 Å². The van der Waals surface area contributed by atoms with Gasteiger partial charge in [0.2, 0.25) is 0 Å². The third-order valence-corrected chi connectivity index (χ3v) is 7.67. The summed E-state index contributed by atoms with van der Waals surface area (Å²) in [6, 6.07) is 18.2. The van der Waals surface area contributed by atoms with E-state index < -0.39 is 5.41 Å². The highest BCUT2D eigenvalue weighted by atomic mass is 79.9. The molecule has 0 bridgehead atoms. The zero-order valence-electron chi connectivity index (χ0n) is 18.9. The number of rotatable bonds is 9. The third-order valence-electron chi connectivity index (χ3n) is 5.99. The summed E-state index contributed by atoms with van der Waals surface area (Å²) >= 11 is 5.03. The number of carbonyl (C=O) groups is 2. The maximum absolute atomic E-state index is 12.6. The number of halogens is 1. The molecule has 0 atom stereocenters. The fourth-order valence-corrected chi connectivity index (χ4v) is 5.51. The highest BCUT2D eigenvalue weighted by Gasteiger charge is 2.52. The van der Waals surface area contributed by atoms with Gasteiger partial charge in [-0.25, -0.2) is 4.79 Å². The second-order valence-electron chi connectivity index (χ2n) is 8.24. The topological polar surface area (TPSA) is 52.6 Å². The Balaban J connectivity index is 1.52. The zero-order chi connectivity index (χ0) is 23.4. The van der Waals surface area contributed by atoms with Crippen molar-refractivity contribution in [3.05, 3.63) is 69.5 Å². The first-order chi connectivity index (χ1) is 16.0. The number of esters is 2. The Kier molecular flexibility index (Phi) is 7.35. The van der Waals surface area contributed by atoms with E-state index in [-0.39, 0.29) is 11.9 Å². The third kappa shape index (κ3) is 5.07. The van der Waals surface area contributed by atoms with Crippen molar-refractivity contribution in [2.24, 2.45) is 0 Å². The maximum Gasteiger partial charge on any atom is 0.339 e. The summed E-state index contributed by atoms with van der Waals surface area (Å²) in [6.07, 6.45) is 3.54. The van der Waals surface area contributed by atoms with Crippen LogP contribution in [0.15, 0.2) is 58.4 Å². The van der Waals surface area contributed by atoms with E-state index in [0.717, 1.165) is 56.6 Å². The standard InChI is InChI=1S/C27H27BrO4S/c1-3-5-16-32-25(29)22-17-23(28)33-24(22)20-8-6-18(7-9-20)19-10-12-21(13-11-19)27(14-15-27)26(30)31-4-2/h6-13,17H,3-5,14-16H2,1-2H3. The Morgan fingerprint density at radius 1 is 0.939 bits per heavy atom. The summed E-state index contributed by atoms with van der Waals surface area (Å²) in [4.78, 5) is 25.8. The summed E-state index contributed by atoms with van der Waals surface area (Å²) in [7, 11) is 0. The highest BCUT2D eigenvalue weighted by Crippen LogP contribution is 2.49. The molecule has 3 aromatic rings. The van der Waals surface area contributed by atoms with Crippen LogP contribution in [0.2, 0.25) is 0 Å². The molecule has 0 N–H and O–H groups in total. The van der Waals surface area contributed by atoms with Crippen molar-refractivity contribution in [2.75, 3.05) is 13.2 Å². The molecule has 1 saturated carbocycles. The van der Waals surface area contributed by atoms with Gasteiger partial charge in [0, 0.05) is 4.88 Å². The molecule has 172 valence electrons. The summed E-state index contributed by atoms with van der Waals surface area (Å²) in [5, 5.41) is 0. The molecule has 2 aromatic carbocycles. The monoisotopic (exact) mass is 526 g/mol. The Labute approximate surface area is 207 Å². The molecule has 0 unspecified atom stereocenters. The van der Waals surface area contributed by atoms with Crippen LogP contribution in [0.25, 0.3) is 21.6 Å². The number of carbonyl (C=O) groups excluding carboxylic acids is 2. The molecule has 1 aliphatic rings. The summed E-state index contributed by atoms with van der Waals surface area (Å²) < 4.78 is 11.6. The molecule has 0 spiro atoms. The first kappa shape index (κ1) is 23.7. The largest absolute Gasteiger partial charge is 0.465 e. The van der Waals surface area contributed by atoms with Gasteiger partial charge in [0.1, 0.15) is 0 Å². The number of hydrogen-bond donors (Lipinski definition) is 0. The number of thiophene rings is 1. The molecule has 4 rings (SSSR count). The molecule has 0 aliphatic heterocycles. The molecular formula is C27H27BrO4S. The van der Waals surface area contributed by atoms with Gasteiger partial charge >= 0.3 is 11.9 Å². The van der Waals surface area contributed by atoms with Gasteiger partial charge in [0.25, 0.3) is 0 Å². The SMILES string of the molecule is CCCCOC(=O)c1cc(Br)sc1-c1ccc(-c2ccc(C3(C(=O)OCC)CC3)cc2)cc1. The molecule has 33 heavy (non-hydrogen) atoms. The summed E-state index contributed by atoms with van der Waals surface area (Å²) in [5.41, 5.74) is 4.30. The molecule has 1 fully saturated rings. The van der Waals surface area contributed by atoms with Crippen LogP contribution in [0.3, 0.4) is 0 Å². The van der Waals surface area contributed by atoms with Gasteiger partial charge in [-0.3, -0.25) is 4.79 Å². The van der Waals surface area contributed by atoms with E-state index in [4.69, 9.17) is 9.47 Å². The first-order valence-corrected chi connectivity index (χ1v) is 12.9. The second-order valence-corrected chi connectivity index (χ2v) is 10.7. The zero-order valence-corrected chi connectivity index (χ0v) is 21.3. The van der Waals surface area contributed by atoms with Gasteiger partial charge in [0.05, 0.1) is 28.0 Å². The first-order valence-electron chi connectivity index (χ1n) is 11.3. The van der Waals surface area contributed by atoms with Crippen molar-refractivity contribution in [2.45, 2.75) is 44.9 Å². The van der Waals surface area contributed by atoms with E-state index in [2.05, 4.69) is 47.1 Å². The van der Waals surface area contributed by atoms with Crippen LogP contribution in [0, 0.1) is 0 Å². The number of unbranched alkanes of at least 4 members (excludes halogenated alkanes) is 1. The van der Waals surface area contributed by atoms with Gasteiger partial charge in [0.15, 0.2) is 0 Å². The predicted molar refractivity (Wildman–Crippen MR) is 136 cm³/mol. The van der Waals surface area contributed by atoms with Crippen molar-refractivity contribution in [1.82, 2.24) is 0 Å². The lowest BCUT2D eigenvalue weighted by Crippen LogP contribution is -2.23. The van der Waals surface area contributed by atoms with Crippen LogP contribution in [-0.4, -0.2) is 25.2 Å². The van der Waals surface area contributed by atoms with Crippen molar-refractivity contribution in [3.8, 4) is 21.6 Å². The van der Waals surface area contributed by atoms with Crippen LogP contribution < -0.4 is 0 Å². The van der Waals surface area contributed by atoms with E-state index in [9.17, 15) is 9.59 Å². The second kappa shape index (κ2) is 10.2. The van der Waals surface area contributed by atoms with E-state index in [1.807, 2.05) is 37.3 Å². The lowest BCUT2D eigenvalue weighted by Gasteiger charge is -2.14. The van der Waals surface area contributed by atoms with Crippen LogP contribution in [-0.2, 0) is 19.7 Å². The van der Waals surface area contributed by atoms with Crippen molar-refractivity contribution in [1.29, 1.82) is 0 Å². The van der Waals surface area contributed by atoms with Crippen LogP contribution in [0.4, 0.5) is 0 Å². The molecule has 0 saturated heterocycles. The molecule has 1 aliphatic carbocycles. The van der Waals surface area contributed by atoms with E-state index >= 15 is 0 Å². The lowest BCUT2D eigenvalue weighted by molar-refractivity contribution is -0.146. The molecule has 0 amide bonds. The van der Waals surface area contributed by atoms with Crippen molar-refractivity contribution in [3.63, 3.8) is 0 Å². The van der Waals surface area contributed by atoms with Crippen LogP contribution in [0.1, 0.15) is 55.5 Å². The predicted octanol–water partition coefficient (Wildman–Crippen LogP) is 7.40. The smallest absolute Gasteiger partial charge is 0.339 e. The summed E-state index contributed by atoms with van der Waals surface area (Å²) in [5.74, 6) is -0.399. The normalized spacial score (nSPS) is 14.0. The minimum absolute atomic E-state index is 0.117. The highest BCUT2D eigenvalue weighted by molar-refractivity contribution is 9.11. The Morgan fingerprint density at radius 3 is 2.12 bits per heavy atom. The molecule has 1 aromatic heterocycles. The van der Waals surface area contributed by atoms with E-state index in [0.29, 0.717) is 18.8 Å². The quantitative estimate of drug-likeness (QED) is 0.215. The lowest BCUT2D eigenvalue weighted by atomic mass is 9.93. The maximum atomic E-state index is 12.6. The van der Waals surface area contributed by atoms with Gasteiger partial charge in [-0.1, -0.05) is 61.9 Å². The Bertz CT molecular complexity index is 1130. The van der Waals surface area contributed by atoms with Gasteiger partial charge in [-0.05, 0) is 70.4 Å². The molecule has 1 heterocycles. The number of benzene rings is 2. The molecular weight excluding hydrogens is 500 g/mol. The number of ether oxygens (including phenoxy) is 2. The Morgan fingerprint density at radius 2 is 1.55 bits per heavy atom. The minimum Gasteiger partial charge on any atom is -0.465 e. The van der Waals surface area contributed by atoms with E-state index in [1.165, 1.54) is 11.3 Å². The number of hydrogen-bond acceptors (Lipinski definition) is 5. The van der Waals surface area contributed by atoms with Gasteiger partial charge < -0.3 is 9.47 Å². The minimum atomic E-state index is -0.451. The van der Waals surface area contributed by atoms with Crippen LogP contribution in [0.5, 0.6) is 0 Å². The van der Waals surface area contributed by atoms with Gasteiger partial charge in [-0.2, -0.15) is 0 Å². The molecule has 0 radical (unpaired) electrons. The average Bonchev–Trinajstić information content (AvgIpc) is 3.55.